The number of nitrogens with zero attached hydrogens (tertiary/aromatic N) is 2. The van der Waals surface area contributed by atoms with Crippen LogP contribution in [0.25, 0.3) is 0 Å². The van der Waals surface area contributed by atoms with Crippen LogP contribution in [0.15, 0.2) is 60.8 Å². The summed E-state index contributed by atoms with van der Waals surface area (Å²) in [5.41, 5.74) is 3.18. The number of carbonyl (C=O) groups is 1. The molecule has 6 nitrogen and oxygen atoms in total. The van der Waals surface area contributed by atoms with Crippen LogP contribution in [0.4, 0.5) is 5.82 Å². The third-order valence-electron chi connectivity index (χ3n) is 4.86. The van der Waals surface area contributed by atoms with Crippen LogP contribution >= 0.6 is 0 Å². The second kappa shape index (κ2) is 9.78. The Morgan fingerprint density at radius 2 is 1.73 bits per heavy atom. The molecule has 0 saturated carbocycles. The maximum atomic E-state index is 13.1. The van der Waals surface area contributed by atoms with Gasteiger partial charge in [-0.05, 0) is 66.9 Å². The van der Waals surface area contributed by atoms with Gasteiger partial charge >= 0.3 is 0 Å². The zero-order valence-electron chi connectivity index (χ0n) is 17.7. The van der Waals surface area contributed by atoms with Crippen molar-refractivity contribution in [2.45, 2.75) is 20.4 Å². The molecule has 0 aliphatic carbocycles. The number of methoxy groups -OCH3 is 2. The summed E-state index contributed by atoms with van der Waals surface area (Å²) in [6.07, 6.45) is 1.66. The van der Waals surface area contributed by atoms with Crippen LogP contribution in [0.5, 0.6) is 17.2 Å². The Morgan fingerprint density at radius 1 is 0.933 bits per heavy atom. The van der Waals surface area contributed by atoms with Gasteiger partial charge in [0.1, 0.15) is 11.6 Å². The molecule has 1 heterocycles. The van der Waals surface area contributed by atoms with Gasteiger partial charge in [0, 0.05) is 6.20 Å². The standard InChI is InChI=1S/C24H26N2O4/c1-17-8-10-20(13-18(17)2)30-16-24(27)26(23-7-5-6-12-25-23)15-19-9-11-21(28-3)22(14-19)29-4/h5-14H,15-16H2,1-4H3. The summed E-state index contributed by atoms with van der Waals surface area (Å²) in [5.74, 6) is 2.27. The lowest BCUT2D eigenvalue weighted by Crippen LogP contribution is -2.35. The van der Waals surface area contributed by atoms with Crippen molar-refractivity contribution in [2.24, 2.45) is 0 Å². The highest BCUT2D eigenvalue weighted by Gasteiger charge is 2.19. The number of anilines is 1. The van der Waals surface area contributed by atoms with Crippen LogP contribution in [0.3, 0.4) is 0 Å². The first-order valence-corrected chi connectivity index (χ1v) is 9.64. The Labute approximate surface area is 177 Å². The molecule has 156 valence electrons. The minimum atomic E-state index is -0.193. The molecule has 3 aromatic rings. The number of carbonyl (C=O) groups excluding carboxylic acids is 1. The zero-order chi connectivity index (χ0) is 21.5. The van der Waals surface area contributed by atoms with Crippen LogP contribution in [-0.2, 0) is 11.3 Å². The minimum Gasteiger partial charge on any atom is -0.493 e. The lowest BCUT2D eigenvalue weighted by molar-refractivity contribution is -0.120. The van der Waals surface area contributed by atoms with E-state index >= 15 is 0 Å². The highest BCUT2D eigenvalue weighted by atomic mass is 16.5. The van der Waals surface area contributed by atoms with Gasteiger partial charge in [-0.15, -0.1) is 0 Å². The number of aromatic nitrogens is 1. The summed E-state index contributed by atoms with van der Waals surface area (Å²) < 4.78 is 16.4. The van der Waals surface area contributed by atoms with Gasteiger partial charge in [-0.25, -0.2) is 4.98 Å². The van der Waals surface area contributed by atoms with Gasteiger partial charge < -0.3 is 14.2 Å². The SMILES string of the molecule is COc1ccc(CN(C(=O)COc2ccc(C)c(C)c2)c2ccccn2)cc1OC. The number of aryl methyl sites for hydroxylation is 2. The van der Waals surface area contributed by atoms with E-state index in [0.29, 0.717) is 29.6 Å². The number of ether oxygens (including phenoxy) is 3. The second-order valence-electron chi connectivity index (χ2n) is 6.89. The van der Waals surface area contributed by atoms with Gasteiger partial charge in [-0.1, -0.05) is 18.2 Å². The number of benzene rings is 2. The average molecular weight is 406 g/mol. The smallest absolute Gasteiger partial charge is 0.266 e. The molecule has 0 unspecified atom stereocenters. The predicted octanol–water partition coefficient (Wildman–Crippen LogP) is 4.33. The Hall–Kier alpha value is -3.54. The van der Waals surface area contributed by atoms with E-state index in [-0.39, 0.29) is 12.5 Å². The summed E-state index contributed by atoms with van der Waals surface area (Å²) in [6.45, 7) is 4.29. The molecular weight excluding hydrogens is 380 g/mol. The van der Waals surface area contributed by atoms with Crippen molar-refractivity contribution in [3.63, 3.8) is 0 Å². The summed E-state index contributed by atoms with van der Waals surface area (Å²) >= 11 is 0. The van der Waals surface area contributed by atoms with Gasteiger partial charge in [-0.3, -0.25) is 9.69 Å². The van der Waals surface area contributed by atoms with Gasteiger partial charge in [-0.2, -0.15) is 0 Å². The molecule has 2 aromatic carbocycles. The molecule has 0 atom stereocenters. The first kappa shape index (κ1) is 21.2. The molecule has 0 fully saturated rings. The molecule has 1 aromatic heterocycles. The molecule has 0 bridgehead atoms. The normalized spacial score (nSPS) is 10.4. The minimum absolute atomic E-state index is 0.0909. The maximum absolute atomic E-state index is 13.1. The summed E-state index contributed by atoms with van der Waals surface area (Å²) in [6, 6.07) is 16.8. The van der Waals surface area contributed by atoms with Crippen molar-refractivity contribution in [1.82, 2.24) is 4.98 Å². The number of rotatable bonds is 8. The van der Waals surface area contributed by atoms with Crippen LogP contribution < -0.4 is 19.1 Å². The van der Waals surface area contributed by atoms with E-state index in [1.807, 2.05) is 62.4 Å². The quantitative estimate of drug-likeness (QED) is 0.557. The molecule has 3 rings (SSSR count). The van der Waals surface area contributed by atoms with Crippen molar-refractivity contribution < 1.29 is 19.0 Å². The molecule has 0 spiro atoms. The largest absolute Gasteiger partial charge is 0.493 e. The molecule has 0 aliphatic rings. The van der Waals surface area contributed by atoms with Crippen LogP contribution in [0.1, 0.15) is 16.7 Å². The number of amides is 1. The van der Waals surface area contributed by atoms with Crippen LogP contribution in [0.2, 0.25) is 0 Å². The lowest BCUT2D eigenvalue weighted by atomic mass is 10.1. The van der Waals surface area contributed by atoms with E-state index < -0.39 is 0 Å². The van der Waals surface area contributed by atoms with Crippen molar-refractivity contribution in [1.29, 1.82) is 0 Å². The number of hydrogen-bond donors (Lipinski definition) is 0. The fourth-order valence-electron chi connectivity index (χ4n) is 3.00. The van der Waals surface area contributed by atoms with Gasteiger partial charge in [0.2, 0.25) is 0 Å². The van der Waals surface area contributed by atoms with Crippen molar-refractivity contribution in [3.8, 4) is 17.2 Å². The molecule has 1 amide bonds. The third-order valence-corrected chi connectivity index (χ3v) is 4.86. The maximum Gasteiger partial charge on any atom is 0.266 e. The monoisotopic (exact) mass is 406 g/mol. The lowest BCUT2D eigenvalue weighted by Gasteiger charge is -2.22. The number of pyridine rings is 1. The fraction of sp³-hybridized carbons (Fsp3) is 0.250. The van der Waals surface area contributed by atoms with Gasteiger partial charge in [0.05, 0.1) is 20.8 Å². The molecule has 0 N–H and O–H groups in total. The van der Waals surface area contributed by atoms with Crippen LogP contribution in [0, 0.1) is 13.8 Å². The zero-order valence-corrected chi connectivity index (χ0v) is 17.7. The van der Waals surface area contributed by atoms with E-state index in [2.05, 4.69) is 4.98 Å². The molecular formula is C24H26N2O4. The topological polar surface area (TPSA) is 60.9 Å². The van der Waals surface area contributed by atoms with Gasteiger partial charge in [0.25, 0.3) is 5.91 Å². The fourth-order valence-corrected chi connectivity index (χ4v) is 3.00. The molecule has 0 saturated heterocycles. The van der Waals surface area contributed by atoms with E-state index in [0.717, 1.165) is 11.1 Å². The van der Waals surface area contributed by atoms with E-state index in [1.54, 1.807) is 31.4 Å². The Morgan fingerprint density at radius 3 is 2.40 bits per heavy atom. The first-order valence-electron chi connectivity index (χ1n) is 9.64. The summed E-state index contributed by atoms with van der Waals surface area (Å²) in [7, 11) is 3.17. The molecule has 30 heavy (non-hydrogen) atoms. The Kier molecular flexibility index (Phi) is 6.91. The van der Waals surface area contributed by atoms with E-state index in [1.165, 1.54) is 5.56 Å². The van der Waals surface area contributed by atoms with Gasteiger partial charge in [0.15, 0.2) is 18.1 Å². The third kappa shape index (κ3) is 5.08. The molecule has 6 heteroatoms. The van der Waals surface area contributed by atoms with E-state index in [9.17, 15) is 4.79 Å². The summed E-state index contributed by atoms with van der Waals surface area (Å²) in [4.78, 5) is 19.0. The number of hydrogen-bond acceptors (Lipinski definition) is 5. The van der Waals surface area contributed by atoms with Crippen molar-refractivity contribution in [3.05, 3.63) is 77.5 Å². The average Bonchev–Trinajstić information content (AvgIpc) is 2.78. The summed E-state index contributed by atoms with van der Waals surface area (Å²) in [5, 5.41) is 0. The Balaban J connectivity index is 1.80. The highest BCUT2D eigenvalue weighted by Crippen LogP contribution is 2.28. The first-order chi connectivity index (χ1) is 14.5. The predicted molar refractivity (Wildman–Crippen MR) is 116 cm³/mol. The van der Waals surface area contributed by atoms with Crippen molar-refractivity contribution in [2.75, 3.05) is 25.7 Å². The van der Waals surface area contributed by atoms with Crippen LogP contribution in [-0.4, -0.2) is 31.7 Å². The van der Waals surface area contributed by atoms with Crippen molar-refractivity contribution >= 4 is 11.7 Å². The van der Waals surface area contributed by atoms with E-state index in [4.69, 9.17) is 14.2 Å². The second-order valence-corrected chi connectivity index (χ2v) is 6.89. The Bertz CT molecular complexity index is 1010. The highest BCUT2D eigenvalue weighted by molar-refractivity contribution is 5.93. The molecule has 0 aliphatic heterocycles. The molecule has 0 radical (unpaired) electrons.